The minimum Gasteiger partial charge on any atom is -0.493 e. The lowest BCUT2D eigenvalue weighted by molar-refractivity contribution is -0.890. The number of benzene rings is 2. The predicted molar refractivity (Wildman–Crippen MR) is 148 cm³/mol. The van der Waals surface area contributed by atoms with E-state index in [1.807, 2.05) is 19.2 Å². The van der Waals surface area contributed by atoms with Crippen molar-refractivity contribution in [1.29, 1.82) is 0 Å². The lowest BCUT2D eigenvalue weighted by Gasteiger charge is -2.39. The fraction of sp³-hybridized carbons (Fsp3) is 0.567. The molecule has 0 aromatic heterocycles. The summed E-state index contributed by atoms with van der Waals surface area (Å²) in [7, 11) is 13.1. The van der Waals surface area contributed by atoms with Crippen LogP contribution in [0.5, 0.6) is 23.0 Å². The first-order chi connectivity index (χ1) is 17.0. The van der Waals surface area contributed by atoms with E-state index < -0.39 is 0 Å². The molecule has 36 heavy (non-hydrogen) atoms. The lowest BCUT2D eigenvalue weighted by Crippen LogP contribution is -2.44. The Bertz CT molecular complexity index is 1060. The maximum Gasteiger partial charge on any atom is 0.284 e. The zero-order chi connectivity index (χ0) is 27.0. The molecule has 0 amide bonds. The van der Waals surface area contributed by atoms with Gasteiger partial charge >= 0.3 is 0 Å². The molecule has 6 heteroatoms. The van der Waals surface area contributed by atoms with E-state index in [0.717, 1.165) is 65.4 Å². The number of quaternary nitrogens is 1. The van der Waals surface area contributed by atoms with E-state index >= 15 is 0 Å². The summed E-state index contributed by atoms with van der Waals surface area (Å²) in [6.07, 6.45) is 2.93. The molecule has 0 radical (unpaired) electrons. The van der Waals surface area contributed by atoms with E-state index in [9.17, 15) is 0 Å². The number of hydrogen-bond donors (Lipinski definition) is 0. The number of methoxy groups -OCH3 is 4. The minimum absolute atomic E-state index is 0.0943. The highest BCUT2D eigenvalue weighted by atomic mass is 16.5. The summed E-state index contributed by atoms with van der Waals surface area (Å²) in [4.78, 5) is 4.42. The summed E-state index contributed by atoms with van der Waals surface area (Å²) in [5.41, 5.74) is 1.95. The number of hydrogen-bond acceptors (Lipinski definition) is 4. The number of rotatable bonds is 12. The third-order valence-electron chi connectivity index (χ3n) is 7.23. The molecular formula is C30H46N2O4+2. The quantitative estimate of drug-likeness (QED) is 0.333. The van der Waals surface area contributed by atoms with Crippen LogP contribution in [0.15, 0.2) is 36.4 Å². The fourth-order valence-corrected chi connectivity index (χ4v) is 4.89. The van der Waals surface area contributed by atoms with Crippen LogP contribution in [0.1, 0.15) is 44.7 Å². The van der Waals surface area contributed by atoms with Gasteiger partial charge < -0.3 is 23.4 Å². The van der Waals surface area contributed by atoms with Gasteiger partial charge in [-0.1, -0.05) is 37.7 Å². The maximum absolute atomic E-state index is 5.62. The van der Waals surface area contributed by atoms with Gasteiger partial charge in [0.2, 0.25) is 0 Å². The van der Waals surface area contributed by atoms with Crippen LogP contribution in [0, 0.1) is 11.5 Å². The van der Waals surface area contributed by atoms with Crippen LogP contribution in [0.3, 0.4) is 0 Å². The van der Waals surface area contributed by atoms with Crippen LogP contribution in [0.4, 0.5) is 0 Å². The first kappa shape index (κ1) is 29.3. The van der Waals surface area contributed by atoms with Crippen molar-refractivity contribution in [1.82, 2.24) is 0 Å². The van der Waals surface area contributed by atoms with Gasteiger partial charge in [-0.3, -0.25) is 0 Å². The van der Waals surface area contributed by atoms with E-state index in [1.54, 1.807) is 28.4 Å². The highest BCUT2D eigenvalue weighted by molar-refractivity contribution is 5.48. The topological polar surface area (TPSA) is 41.3 Å². The zero-order valence-electron chi connectivity index (χ0n) is 24.0. The second kappa shape index (κ2) is 12.4. The van der Waals surface area contributed by atoms with Crippen LogP contribution in [0.25, 0.3) is 4.85 Å². The van der Waals surface area contributed by atoms with Gasteiger partial charge in [-0.25, -0.2) is 0 Å². The highest BCUT2D eigenvalue weighted by Gasteiger charge is 2.47. The third-order valence-corrected chi connectivity index (χ3v) is 7.23. The van der Waals surface area contributed by atoms with Crippen LogP contribution < -0.4 is 18.9 Å². The second-order valence-corrected chi connectivity index (χ2v) is 11.0. The van der Waals surface area contributed by atoms with Gasteiger partial charge in [0.1, 0.15) is 5.41 Å². The molecule has 198 valence electrons. The Balaban J connectivity index is 2.21. The maximum atomic E-state index is 5.62. The van der Waals surface area contributed by atoms with Gasteiger partial charge in [0.15, 0.2) is 23.0 Å². The summed E-state index contributed by atoms with van der Waals surface area (Å²) >= 11 is 0. The molecule has 0 spiro atoms. The molecule has 0 fully saturated rings. The average Bonchev–Trinajstić information content (AvgIpc) is 2.85. The van der Waals surface area contributed by atoms with Gasteiger partial charge in [-0.05, 0) is 53.6 Å². The summed E-state index contributed by atoms with van der Waals surface area (Å²) < 4.78 is 22.9. The van der Waals surface area contributed by atoms with Crippen molar-refractivity contribution < 1.29 is 23.4 Å². The Morgan fingerprint density at radius 3 is 1.86 bits per heavy atom. The number of nitrogens with zero attached hydrogens (tertiary/aromatic N) is 2. The molecule has 1 atom stereocenters. The average molecular weight is 499 g/mol. The Labute approximate surface area is 218 Å². The van der Waals surface area contributed by atoms with Crippen molar-refractivity contribution >= 4 is 0 Å². The normalized spacial score (nSPS) is 13.3. The largest absolute Gasteiger partial charge is 0.493 e. The molecule has 2 rings (SSSR count). The monoisotopic (exact) mass is 498 g/mol. The molecule has 0 saturated heterocycles. The number of likely N-dealkylation sites (N-methyl/N-ethyl adjacent to an activating group) is 1. The van der Waals surface area contributed by atoms with Crippen LogP contribution >= 0.6 is 0 Å². The molecule has 2 aromatic carbocycles. The van der Waals surface area contributed by atoms with E-state index in [0.29, 0.717) is 0 Å². The van der Waals surface area contributed by atoms with Crippen molar-refractivity contribution in [2.45, 2.75) is 45.4 Å². The van der Waals surface area contributed by atoms with Crippen LogP contribution in [-0.2, 0) is 11.8 Å². The van der Waals surface area contributed by atoms with Gasteiger partial charge in [-0.2, -0.15) is 0 Å². The SMILES string of the molecule is C[N+]#CC(CCC[N+](C)(C)CCc1ccc(OC)c(OC)c1)(c1ccc(OC)c(OC)c1)C(C)(C)C. The Hall–Kier alpha value is -2.91. The van der Waals surface area contributed by atoms with Crippen molar-refractivity contribution in [3.05, 3.63) is 52.4 Å². The second-order valence-electron chi connectivity index (χ2n) is 11.0. The van der Waals surface area contributed by atoms with E-state index in [4.69, 9.17) is 18.9 Å². The molecule has 2 aromatic rings. The summed E-state index contributed by atoms with van der Waals surface area (Å²) in [5.74, 6) is 3.00. The molecule has 0 bridgehead atoms. The Morgan fingerprint density at radius 2 is 1.33 bits per heavy atom. The summed E-state index contributed by atoms with van der Waals surface area (Å²) in [6, 6.07) is 15.9. The van der Waals surface area contributed by atoms with Crippen molar-refractivity contribution in [2.24, 2.45) is 5.41 Å². The smallest absolute Gasteiger partial charge is 0.284 e. The summed E-state index contributed by atoms with van der Waals surface area (Å²) in [6.45, 7) is 8.86. The van der Waals surface area contributed by atoms with E-state index in [-0.39, 0.29) is 10.8 Å². The first-order valence-corrected chi connectivity index (χ1v) is 12.6. The van der Waals surface area contributed by atoms with Gasteiger partial charge in [0.05, 0.1) is 55.6 Å². The molecule has 0 N–H and O–H groups in total. The lowest BCUT2D eigenvalue weighted by atomic mass is 9.61. The molecule has 0 aliphatic carbocycles. The molecule has 1 unspecified atom stereocenters. The van der Waals surface area contributed by atoms with E-state index in [2.05, 4.69) is 70.0 Å². The van der Waals surface area contributed by atoms with Crippen molar-refractivity contribution in [3.8, 4) is 29.1 Å². The van der Waals surface area contributed by atoms with Crippen LogP contribution in [-0.4, -0.2) is 67.2 Å². The first-order valence-electron chi connectivity index (χ1n) is 12.6. The summed E-state index contributed by atoms with van der Waals surface area (Å²) in [5, 5.41) is 0. The van der Waals surface area contributed by atoms with Gasteiger partial charge in [0.25, 0.3) is 13.1 Å². The number of ether oxygens (including phenoxy) is 4. The van der Waals surface area contributed by atoms with Crippen molar-refractivity contribution in [3.63, 3.8) is 0 Å². The van der Waals surface area contributed by atoms with Crippen molar-refractivity contribution in [2.75, 3.05) is 62.7 Å². The highest BCUT2D eigenvalue weighted by Crippen LogP contribution is 2.47. The fourth-order valence-electron chi connectivity index (χ4n) is 4.89. The van der Waals surface area contributed by atoms with Crippen LogP contribution in [0.2, 0.25) is 0 Å². The molecule has 0 aliphatic rings. The molecule has 0 heterocycles. The zero-order valence-corrected chi connectivity index (χ0v) is 24.0. The third kappa shape index (κ3) is 6.85. The molecule has 0 aliphatic heterocycles. The molecule has 0 saturated carbocycles. The molecule has 6 nitrogen and oxygen atoms in total. The minimum atomic E-state index is -0.356. The Kier molecular flexibility index (Phi) is 10.1. The van der Waals surface area contributed by atoms with E-state index in [1.165, 1.54) is 5.56 Å². The predicted octanol–water partition coefficient (Wildman–Crippen LogP) is 6.07. The standard InChI is InChI=1S/C30H46N2O4/c1-29(2,3)30(22-31-4,24-13-15-26(34-8)28(21-24)36-10)17-11-18-32(5,6)19-16-23-12-14-25(33-7)27(20-23)35-9/h12-15,20-21H,11,16-19H2,1-10H3/q+2. The molecular weight excluding hydrogens is 452 g/mol. The van der Waals surface area contributed by atoms with Gasteiger partial charge in [-0.15, -0.1) is 0 Å². The van der Waals surface area contributed by atoms with Gasteiger partial charge in [0, 0.05) is 6.42 Å². The Morgan fingerprint density at radius 1 is 0.778 bits per heavy atom.